The molecule has 0 saturated heterocycles. The summed E-state index contributed by atoms with van der Waals surface area (Å²) < 4.78 is 0. The van der Waals surface area contributed by atoms with Gasteiger partial charge in [-0.05, 0) is 0 Å². The van der Waals surface area contributed by atoms with Crippen molar-refractivity contribution in [2.75, 3.05) is 19.6 Å². The van der Waals surface area contributed by atoms with E-state index in [4.69, 9.17) is 10.8 Å². The number of aliphatic carboxylic acids is 1. The van der Waals surface area contributed by atoms with Crippen LogP contribution in [0, 0.1) is 0 Å². The first-order valence-electron chi connectivity index (χ1n) is 2.40. The van der Waals surface area contributed by atoms with Gasteiger partial charge in [-0.1, -0.05) is 0 Å². The number of nitrogens with two attached hydrogens (primary N) is 1. The van der Waals surface area contributed by atoms with Gasteiger partial charge in [-0.3, -0.25) is 4.79 Å². The topological polar surface area (TPSA) is 75.3 Å². The molecule has 4 nitrogen and oxygen atoms in total. The summed E-state index contributed by atoms with van der Waals surface area (Å²) in [5, 5.41) is 10.6. The average Bonchev–Trinajstić information content (AvgIpc) is 1.66. The zero-order valence-corrected chi connectivity index (χ0v) is 4.55. The molecule has 4 N–H and O–H groups in total. The van der Waals surface area contributed by atoms with Gasteiger partial charge in [0, 0.05) is 13.1 Å². The zero-order chi connectivity index (χ0) is 6.41. The molecule has 0 radical (unpaired) electrons. The number of carbonyl (C=O) groups is 1. The summed E-state index contributed by atoms with van der Waals surface area (Å²) in [5.74, 6) is -0.849. The molecule has 0 spiro atoms. The second-order valence-corrected chi connectivity index (χ2v) is 1.36. The molecule has 0 fully saturated rings. The molecule has 0 aliphatic carbocycles. The molecule has 5 heteroatoms. The van der Waals surface area contributed by atoms with Gasteiger partial charge in [-0.15, -0.1) is 0 Å². The molecule has 0 rings (SSSR count). The minimum atomic E-state index is -0.849. The fraction of sp³-hybridized carbons (Fsp3) is 0.750. The predicted molar refractivity (Wildman–Crippen MR) is 36.7 cm³/mol. The Bertz CT molecular complexity index is 79.0. The summed E-state index contributed by atoms with van der Waals surface area (Å²) in [7, 11) is 0. The Kier molecular flexibility index (Phi) is 12.7. The molecule has 0 amide bonds. The van der Waals surface area contributed by atoms with Crippen LogP contribution in [0.1, 0.15) is 0 Å². The van der Waals surface area contributed by atoms with E-state index in [-0.39, 0.29) is 57.9 Å². The van der Waals surface area contributed by atoms with E-state index in [2.05, 4.69) is 5.32 Å². The van der Waals surface area contributed by atoms with E-state index >= 15 is 0 Å². The van der Waals surface area contributed by atoms with E-state index in [1.54, 1.807) is 0 Å². The van der Waals surface area contributed by atoms with E-state index in [1.807, 2.05) is 0 Å². The summed E-state index contributed by atoms with van der Waals surface area (Å²) in [6, 6.07) is 0. The van der Waals surface area contributed by atoms with Crippen molar-refractivity contribution in [2.45, 2.75) is 0 Å². The second kappa shape index (κ2) is 9.03. The van der Waals surface area contributed by atoms with Gasteiger partial charge in [0.05, 0.1) is 6.54 Å². The van der Waals surface area contributed by atoms with Crippen molar-refractivity contribution < 1.29 is 9.90 Å². The van der Waals surface area contributed by atoms with Gasteiger partial charge >= 0.3 is 57.4 Å². The van der Waals surface area contributed by atoms with Crippen LogP contribution in [0.15, 0.2) is 0 Å². The molecule has 0 atom stereocenters. The number of nitrogens with one attached hydrogen (secondary N) is 1. The Balaban J connectivity index is 0. The minimum absolute atomic E-state index is 0. The third-order valence-electron chi connectivity index (χ3n) is 0.597. The van der Waals surface area contributed by atoms with E-state index in [0.29, 0.717) is 13.1 Å². The van der Waals surface area contributed by atoms with Crippen molar-refractivity contribution in [1.29, 1.82) is 0 Å². The van der Waals surface area contributed by atoms with Crippen LogP contribution in [0.4, 0.5) is 0 Å². The first-order valence-corrected chi connectivity index (χ1v) is 2.40. The Labute approximate surface area is 96.6 Å². The van der Waals surface area contributed by atoms with Crippen molar-refractivity contribution >= 4 is 57.4 Å². The van der Waals surface area contributed by atoms with E-state index < -0.39 is 5.97 Å². The first kappa shape index (κ1) is 12.7. The van der Waals surface area contributed by atoms with Crippen LogP contribution in [0.2, 0.25) is 0 Å². The van der Waals surface area contributed by atoms with Crippen LogP contribution in [0.25, 0.3) is 0 Å². The number of carboxylic acid groups (broad SMARTS) is 1. The molecular formula is C4H11KN2O2. The van der Waals surface area contributed by atoms with Crippen LogP contribution in [-0.4, -0.2) is 82.1 Å². The Morgan fingerprint density at radius 3 is 2.56 bits per heavy atom. The monoisotopic (exact) mass is 158 g/mol. The van der Waals surface area contributed by atoms with Gasteiger partial charge in [0.25, 0.3) is 0 Å². The van der Waals surface area contributed by atoms with Crippen molar-refractivity contribution in [2.24, 2.45) is 5.73 Å². The maximum atomic E-state index is 9.77. The number of carboxylic acids is 1. The summed E-state index contributed by atoms with van der Waals surface area (Å²) in [6.07, 6.45) is 0. The van der Waals surface area contributed by atoms with E-state index in [1.165, 1.54) is 0 Å². The summed E-state index contributed by atoms with van der Waals surface area (Å²) >= 11 is 0. The third-order valence-corrected chi connectivity index (χ3v) is 0.597. The van der Waals surface area contributed by atoms with Gasteiger partial charge in [0.1, 0.15) is 0 Å². The second-order valence-electron chi connectivity index (χ2n) is 1.36. The molecule has 0 bridgehead atoms. The molecular weight excluding hydrogens is 147 g/mol. The summed E-state index contributed by atoms with van der Waals surface area (Å²) in [4.78, 5) is 9.77. The quantitative estimate of drug-likeness (QED) is 0.326. The first-order chi connectivity index (χ1) is 3.77. The standard InChI is InChI=1S/C4H10N2O2.K.H/c5-1-2-6-3-4(7)8;;/h6H,1-3,5H2,(H,7,8);;. The van der Waals surface area contributed by atoms with Crippen LogP contribution in [-0.2, 0) is 4.79 Å². The molecule has 9 heavy (non-hydrogen) atoms. The van der Waals surface area contributed by atoms with Crippen molar-refractivity contribution in [1.82, 2.24) is 5.32 Å². The molecule has 0 aliphatic rings. The van der Waals surface area contributed by atoms with Gasteiger partial charge in [-0.25, -0.2) is 0 Å². The van der Waals surface area contributed by atoms with Gasteiger partial charge in [0.15, 0.2) is 0 Å². The van der Waals surface area contributed by atoms with Crippen LogP contribution in [0.3, 0.4) is 0 Å². The fourth-order valence-electron chi connectivity index (χ4n) is 0.297. The molecule has 0 unspecified atom stereocenters. The molecule has 0 aromatic carbocycles. The number of hydrogen-bond acceptors (Lipinski definition) is 3. The number of rotatable bonds is 4. The Hall–Kier alpha value is 1.03. The number of hydrogen-bond donors (Lipinski definition) is 3. The van der Waals surface area contributed by atoms with E-state index in [0.717, 1.165) is 0 Å². The van der Waals surface area contributed by atoms with Crippen LogP contribution >= 0.6 is 0 Å². The molecule has 0 aromatic rings. The zero-order valence-electron chi connectivity index (χ0n) is 4.55. The Morgan fingerprint density at radius 2 is 2.22 bits per heavy atom. The van der Waals surface area contributed by atoms with Crippen molar-refractivity contribution in [3.05, 3.63) is 0 Å². The van der Waals surface area contributed by atoms with Gasteiger partial charge < -0.3 is 16.2 Å². The SMILES string of the molecule is NCCNCC(=O)O.[KH]. The van der Waals surface area contributed by atoms with Crippen molar-refractivity contribution in [3.8, 4) is 0 Å². The van der Waals surface area contributed by atoms with Gasteiger partial charge in [-0.2, -0.15) is 0 Å². The van der Waals surface area contributed by atoms with Gasteiger partial charge in [0.2, 0.25) is 0 Å². The summed E-state index contributed by atoms with van der Waals surface area (Å²) in [5.41, 5.74) is 5.06. The third kappa shape index (κ3) is 12.3. The van der Waals surface area contributed by atoms with Crippen molar-refractivity contribution in [3.63, 3.8) is 0 Å². The average molecular weight is 158 g/mol. The summed E-state index contributed by atoms with van der Waals surface area (Å²) in [6.45, 7) is 1.04. The Morgan fingerprint density at radius 1 is 1.67 bits per heavy atom. The molecule has 0 aromatic heterocycles. The van der Waals surface area contributed by atoms with Crippen LogP contribution < -0.4 is 11.1 Å². The fourth-order valence-corrected chi connectivity index (χ4v) is 0.297. The predicted octanol–water partition coefficient (Wildman–Crippen LogP) is -2.03. The normalized spacial score (nSPS) is 8.11. The maximum absolute atomic E-state index is 9.77. The molecule has 0 heterocycles. The molecule has 50 valence electrons. The van der Waals surface area contributed by atoms with E-state index in [9.17, 15) is 4.79 Å². The molecule has 0 saturated carbocycles. The van der Waals surface area contributed by atoms with Crippen LogP contribution in [0.5, 0.6) is 0 Å². The molecule has 0 aliphatic heterocycles.